The first-order chi connectivity index (χ1) is 15.2. The van der Waals surface area contributed by atoms with Gasteiger partial charge in [-0.1, -0.05) is 80.8 Å². The number of unbranched alkanes of at least 4 members (excludes halogenated alkanes) is 3. The molecule has 0 spiro atoms. The van der Waals surface area contributed by atoms with Gasteiger partial charge in [-0.3, -0.25) is 4.79 Å². The van der Waals surface area contributed by atoms with E-state index in [4.69, 9.17) is 4.74 Å². The summed E-state index contributed by atoms with van der Waals surface area (Å²) in [6.45, 7) is 4.78. The maximum atomic E-state index is 12.4. The standard InChI is InChI=1S/C27H30N2O2/c1-3-4-5-9-20-31-26-18-16-25(17-19-26)27(30)29-28-21(2)22-12-14-24(15-13-22)23-10-7-6-8-11-23/h6-8,10-19H,3-5,9,20H2,1-2H3,(H,29,30)/b28-21+. The zero-order valence-corrected chi connectivity index (χ0v) is 18.3. The molecule has 0 saturated heterocycles. The first kappa shape index (κ1) is 22.3. The van der Waals surface area contributed by atoms with Crippen molar-refractivity contribution in [2.75, 3.05) is 6.61 Å². The summed E-state index contributed by atoms with van der Waals surface area (Å²) in [4.78, 5) is 12.4. The molecule has 0 fully saturated rings. The number of amides is 1. The highest BCUT2D eigenvalue weighted by molar-refractivity contribution is 6.01. The molecule has 3 rings (SSSR count). The summed E-state index contributed by atoms with van der Waals surface area (Å²) in [6.07, 6.45) is 4.68. The number of hydrazone groups is 1. The molecule has 0 radical (unpaired) electrons. The minimum Gasteiger partial charge on any atom is -0.494 e. The number of carbonyl (C=O) groups is 1. The Labute approximate surface area is 185 Å². The summed E-state index contributed by atoms with van der Waals surface area (Å²) >= 11 is 0. The van der Waals surface area contributed by atoms with E-state index >= 15 is 0 Å². The van der Waals surface area contributed by atoms with Crippen LogP contribution in [0.2, 0.25) is 0 Å². The van der Waals surface area contributed by atoms with Gasteiger partial charge in [-0.15, -0.1) is 0 Å². The third-order valence-electron chi connectivity index (χ3n) is 5.12. The van der Waals surface area contributed by atoms with E-state index < -0.39 is 0 Å². The third kappa shape index (κ3) is 6.82. The van der Waals surface area contributed by atoms with E-state index in [1.807, 2.05) is 49.4 Å². The van der Waals surface area contributed by atoms with E-state index in [9.17, 15) is 4.79 Å². The van der Waals surface area contributed by atoms with E-state index in [1.165, 1.54) is 24.8 Å². The van der Waals surface area contributed by atoms with Crippen LogP contribution in [0.25, 0.3) is 11.1 Å². The minimum atomic E-state index is -0.241. The summed E-state index contributed by atoms with van der Waals surface area (Å²) < 4.78 is 5.73. The van der Waals surface area contributed by atoms with Crippen LogP contribution < -0.4 is 10.2 Å². The van der Waals surface area contributed by atoms with Crippen LogP contribution in [0.5, 0.6) is 5.75 Å². The van der Waals surface area contributed by atoms with Crippen LogP contribution in [0.1, 0.15) is 55.5 Å². The number of ether oxygens (including phenoxy) is 1. The van der Waals surface area contributed by atoms with Crippen LogP contribution in [-0.4, -0.2) is 18.2 Å². The van der Waals surface area contributed by atoms with Crippen LogP contribution in [-0.2, 0) is 0 Å². The Bertz CT molecular complexity index is 978. The van der Waals surface area contributed by atoms with Gasteiger partial charge in [0.1, 0.15) is 5.75 Å². The molecule has 0 bridgehead atoms. The van der Waals surface area contributed by atoms with Crippen molar-refractivity contribution >= 4 is 11.6 Å². The van der Waals surface area contributed by atoms with Gasteiger partial charge in [0.2, 0.25) is 0 Å². The zero-order valence-electron chi connectivity index (χ0n) is 18.3. The highest BCUT2D eigenvalue weighted by Crippen LogP contribution is 2.19. The molecule has 1 N–H and O–H groups in total. The number of nitrogens with zero attached hydrogens (tertiary/aromatic N) is 1. The number of benzene rings is 3. The molecule has 0 unspecified atom stereocenters. The molecule has 1 amide bonds. The fourth-order valence-corrected chi connectivity index (χ4v) is 3.22. The predicted molar refractivity (Wildman–Crippen MR) is 128 cm³/mol. The molecule has 0 aromatic heterocycles. The molecule has 0 aliphatic rings. The summed E-state index contributed by atoms with van der Waals surface area (Å²) in [6, 6.07) is 25.5. The van der Waals surface area contributed by atoms with Crippen molar-refractivity contribution in [3.63, 3.8) is 0 Å². The van der Waals surface area contributed by atoms with Crippen molar-refractivity contribution in [2.45, 2.75) is 39.5 Å². The quantitative estimate of drug-likeness (QED) is 0.235. The van der Waals surface area contributed by atoms with Crippen molar-refractivity contribution in [3.8, 4) is 16.9 Å². The van der Waals surface area contributed by atoms with Gasteiger partial charge in [0.05, 0.1) is 12.3 Å². The molecular formula is C27H30N2O2. The van der Waals surface area contributed by atoms with E-state index in [0.717, 1.165) is 29.0 Å². The van der Waals surface area contributed by atoms with Crippen molar-refractivity contribution in [2.24, 2.45) is 5.10 Å². The van der Waals surface area contributed by atoms with Gasteiger partial charge >= 0.3 is 0 Å². The summed E-state index contributed by atoms with van der Waals surface area (Å²) in [7, 11) is 0. The van der Waals surface area contributed by atoms with Crippen LogP contribution >= 0.6 is 0 Å². The normalized spacial score (nSPS) is 11.2. The lowest BCUT2D eigenvalue weighted by Crippen LogP contribution is -2.19. The van der Waals surface area contributed by atoms with Crippen LogP contribution in [0, 0.1) is 0 Å². The topological polar surface area (TPSA) is 50.7 Å². The van der Waals surface area contributed by atoms with Gasteiger partial charge in [-0.05, 0) is 54.3 Å². The molecule has 0 heterocycles. The smallest absolute Gasteiger partial charge is 0.271 e. The molecule has 4 nitrogen and oxygen atoms in total. The molecule has 3 aromatic carbocycles. The third-order valence-corrected chi connectivity index (χ3v) is 5.12. The van der Waals surface area contributed by atoms with Gasteiger partial charge < -0.3 is 4.74 Å². The lowest BCUT2D eigenvalue weighted by atomic mass is 10.0. The lowest BCUT2D eigenvalue weighted by Gasteiger charge is -2.07. The molecule has 3 aromatic rings. The zero-order chi connectivity index (χ0) is 21.9. The summed E-state index contributed by atoms with van der Waals surface area (Å²) in [5.74, 6) is 0.543. The van der Waals surface area contributed by atoms with Gasteiger partial charge in [0.15, 0.2) is 0 Å². The Kier molecular flexibility index (Phi) is 8.41. The minimum absolute atomic E-state index is 0.241. The Morgan fingerprint density at radius 2 is 1.45 bits per heavy atom. The second-order valence-corrected chi connectivity index (χ2v) is 7.52. The highest BCUT2D eigenvalue weighted by atomic mass is 16.5. The first-order valence-electron chi connectivity index (χ1n) is 10.9. The fourth-order valence-electron chi connectivity index (χ4n) is 3.22. The Balaban J connectivity index is 1.53. The van der Waals surface area contributed by atoms with Gasteiger partial charge in [0.25, 0.3) is 5.91 Å². The Hall–Kier alpha value is -3.40. The summed E-state index contributed by atoms with van der Waals surface area (Å²) in [5, 5.41) is 4.26. The number of nitrogens with one attached hydrogen (secondary N) is 1. The molecule has 0 atom stereocenters. The molecule has 0 aliphatic heterocycles. The Morgan fingerprint density at radius 1 is 0.806 bits per heavy atom. The van der Waals surface area contributed by atoms with Crippen molar-refractivity contribution < 1.29 is 9.53 Å². The molecule has 0 aliphatic carbocycles. The second-order valence-electron chi connectivity index (χ2n) is 7.52. The molecule has 160 valence electrons. The van der Waals surface area contributed by atoms with Crippen molar-refractivity contribution in [1.29, 1.82) is 0 Å². The maximum Gasteiger partial charge on any atom is 0.271 e. The molecule has 31 heavy (non-hydrogen) atoms. The SMILES string of the molecule is CCCCCCOc1ccc(C(=O)N/N=C(\C)c2ccc(-c3ccccc3)cc2)cc1. The van der Waals surface area contributed by atoms with Gasteiger partial charge in [-0.25, -0.2) is 5.43 Å². The van der Waals surface area contributed by atoms with Crippen LogP contribution in [0.3, 0.4) is 0 Å². The molecule has 4 heteroatoms. The fraction of sp³-hybridized carbons (Fsp3) is 0.259. The van der Waals surface area contributed by atoms with E-state index in [0.29, 0.717) is 12.2 Å². The number of rotatable bonds is 10. The average molecular weight is 415 g/mol. The molecular weight excluding hydrogens is 384 g/mol. The van der Waals surface area contributed by atoms with E-state index in [-0.39, 0.29) is 5.91 Å². The van der Waals surface area contributed by atoms with Gasteiger partial charge in [0, 0.05) is 5.56 Å². The number of hydrogen-bond acceptors (Lipinski definition) is 3. The number of hydrogen-bond donors (Lipinski definition) is 1. The second kappa shape index (κ2) is 11.7. The first-order valence-corrected chi connectivity index (χ1v) is 10.9. The molecule has 0 saturated carbocycles. The summed E-state index contributed by atoms with van der Waals surface area (Å²) in [5.41, 5.74) is 7.22. The Morgan fingerprint density at radius 3 is 2.13 bits per heavy atom. The monoisotopic (exact) mass is 414 g/mol. The van der Waals surface area contributed by atoms with Crippen molar-refractivity contribution in [3.05, 3.63) is 90.0 Å². The predicted octanol–water partition coefficient (Wildman–Crippen LogP) is 6.47. The van der Waals surface area contributed by atoms with Gasteiger partial charge in [-0.2, -0.15) is 5.10 Å². The maximum absolute atomic E-state index is 12.4. The van der Waals surface area contributed by atoms with E-state index in [1.54, 1.807) is 12.1 Å². The van der Waals surface area contributed by atoms with Crippen molar-refractivity contribution in [1.82, 2.24) is 5.43 Å². The number of carbonyl (C=O) groups excluding carboxylic acids is 1. The lowest BCUT2D eigenvalue weighted by molar-refractivity contribution is 0.0955. The average Bonchev–Trinajstić information content (AvgIpc) is 2.83. The van der Waals surface area contributed by atoms with Crippen LogP contribution in [0.4, 0.5) is 0 Å². The van der Waals surface area contributed by atoms with Crippen LogP contribution in [0.15, 0.2) is 84.0 Å². The van der Waals surface area contributed by atoms with E-state index in [2.05, 4.69) is 41.7 Å². The highest BCUT2D eigenvalue weighted by Gasteiger charge is 2.06. The largest absolute Gasteiger partial charge is 0.494 e.